The largest absolute Gasteiger partial charge is 0.465 e. The first-order valence-corrected chi connectivity index (χ1v) is 4.58. The molecule has 0 unspecified atom stereocenters. The van der Waals surface area contributed by atoms with E-state index in [1.165, 1.54) is 31.4 Å². The van der Waals surface area contributed by atoms with E-state index in [1.54, 1.807) is 0 Å². The average Bonchev–Trinajstić information content (AvgIpc) is 2.35. The van der Waals surface area contributed by atoms with E-state index < -0.39 is 10.9 Å². The molecule has 6 heteroatoms. The number of carbonyl (C=O) groups excluding carboxylic acids is 2. The van der Waals surface area contributed by atoms with E-state index in [2.05, 4.69) is 4.74 Å². The van der Waals surface area contributed by atoms with E-state index in [0.717, 1.165) is 6.07 Å². The number of carbonyl (C=O) groups is 2. The molecule has 0 saturated heterocycles. The van der Waals surface area contributed by atoms with Gasteiger partial charge in [0.15, 0.2) is 0 Å². The number of non-ortho nitro benzene ring substituents is 1. The molecule has 0 aromatic heterocycles. The minimum atomic E-state index is -0.695. The molecule has 0 spiro atoms. The van der Waals surface area contributed by atoms with Gasteiger partial charge in [-0.1, -0.05) is 6.08 Å². The predicted molar refractivity (Wildman–Crippen MR) is 59.5 cm³/mol. The van der Waals surface area contributed by atoms with Crippen molar-refractivity contribution in [1.82, 2.24) is 0 Å². The van der Waals surface area contributed by atoms with Crippen molar-refractivity contribution in [2.24, 2.45) is 0 Å². The second-order valence-corrected chi connectivity index (χ2v) is 3.02. The lowest BCUT2D eigenvalue weighted by atomic mass is 10.1. The fraction of sp³-hybridized carbons (Fsp3) is 0.0909. The monoisotopic (exact) mass is 235 g/mol. The van der Waals surface area contributed by atoms with Crippen LogP contribution in [0.1, 0.15) is 15.9 Å². The van der Waals surface area contributed by atoms with Crippen LogP contribution in [0, 0.1) is 10.1 Å². The van der Waals surface area contributed by atoms with Gasteiger partial charge in [0.1, 0.15) is 6.29 Å². The van der Waals surface area contributed by atoms with Crippen molar-refractivity contribution in [3.05, 3.63) is 45.5 Å². The van der Waals surface area contributed by atoms with Crippen LogP contribution in [0.5, 0.6) is 0 Å². The fourth-order valence-electron chi connectivity index (χ4n) is 1.23. The minimum absolute atomic E-state index is 0.0415. The van der Waals surface area contributed by atoms with Gasteiger partial charge in [-0.3, -0.25) is 14.9 Å². The standard InChI is InChI=1S/C11H9NO5/c1-17-11(14)10-7-9(12(15)16)5-4-8(10)3-2-6-13/h2-7H,1H3. The van der Waals surface area contributed by atoms with Crippen LogP contribution in [0.15, 0.2) is 24.3 Å². The van der Waals surface area contributed by atoms with E-state index in [9.17, 15) is 19.7 Å². The number of nitro groups is 1. The van der Waals surface area contributed by atoms with Crippen molar-refractivity contribution in [3.8, 4) is 0 Å². The van der Waals surface area contributed by atoms with E-state index in [0.29, 0.717) is 11.8 Å². The molecular weight excluding hydrogens is 226 g/mol. The molecule has 88 valence electrons. The molecular formula is C11H9NO5. The highest BCUT2D eigenvalue weighted by Crippen LogP contribution is 2.19. The van der Waals surface area contributed by atoms with Crippen LogP contribution in [0.4, 0.5) is 5.69 Å². The molecule has 0 heterocycles. The summed E-state index contributed by atoms with van der Waals surface area (Å²) in [7, 11) is 1.17. The van der Waals surface area contributed by atoms with Crippen molar-refractivity contribution in [2.45, 2.75) is 0 Å². The summed E-state index contributed by atoms with van der Waals surface area (Å²) in [6, 6.07) is 3.73. The molecule has 1 rings (SSSR count). The Hall–Kier alpha value is -2.50. The summed E-state index contributed by atoms with van der Waals surface area (Å²) in [5.74, 6) is -0.695. The quantitative estimate of drug-likeness (QED) is 0.260. The van der Waals surface area contributed by atoms with E-state index in [1.807, 2.05) is 0 Å². The summed E-state index contributed by atoms with van der Waals surface area (Å²) in [5.41, 5.74) is 0.211. The number of nitrogens with zero attached hydrogens (tertiary/aromatic N) is 1. The second kappa shape index (κ2) is 5.55. The van der Waals surface area contributed by atoms with Crippen LogP contribution in [0.25, 0.3) is 6.08 Å². The number of aldehydes is 1. The minimum Gasteiger partial charge on any atom is -0.465 e. The molecule has 0 aliphatic rings. The van der Waals surface area contributed by atoms with Gasteiger partial charge in [0, 0.05) is 12.1 Å². The zero-order valence-corrected chi connectivity index (χ0v) is 8.95. The maximum atomic E-state index is 11.4. The number of benzene rings is 1. The third-order valence-corrected chi connectivity index (χ3v) is 2.01. The zero-order valence-electron chi connectivity index (χ0n) is 8.95. The van der Waals surface area contributed by atoms with Gasteiger partial charge in [0.2, 0.25) is 0 Å². The maximum Gasteiger partial charge on any atom is 0.338 e. The molecule has 0 amide bonds. The average molecular weight is 235 g/mol. The van der Waals surface area contributed by atoms with Gasteiger partial charge in [0.25, 0.3) is 5.69 Å². The van der Waals surface area contributed by atoms with E-state index >= 15 is 0 Å². The Labute approximate surface area is 96.7 Å². The number of allylic oxidation sites excluding steroid dienone is 1. The van der Waals surface area contributed by atoms with Gasteiger partial charge in [-0.25, -0.2) is 4.79 Å². The molecule has 0 aliphatic heterocycles. The van der Waals surface area contributed by atoms with E-state index in [-0.39, 0.29) is 11.3 Å². The summed E-state index contributed by atoms with van der Waals surface area (Å²) in [4.78, 5) is 31.6. The van der Waals surface area contributed by atoms with Crippen molar-refractivity contribution < 1.29 is 19.2 Å². The molecule has 0 fully saturated rings. The topological polar surface area (TPSA) is 86.5 Å². The van der Waals surface area contributed by atoms with Crippen LogP contribution < -0.4 is 0 Å². The number of rotatable bonds is 4. The van der Waals surface area contributed by atoms with Crippen molar-refractivity contribution >= 4 is 24.0 Å². The number of methoxy groups -OCH3 is 1. The summed E-state index contributed by atoms with van der Waals surface area (Å²) in [6.45, 7) is 0. The van der Waals surface area contributed by atoms with Crippen LogP contribution in [0.2, 0.25) is 0 Å². The van der Waals surface area contributed by atoms with Gasteiger partial charge in [0.05, 0.1) is 17.6 Å². The molecule has 17 heavy (non-hydrogen) atoms. The first kappa shape index (κ1) is 12.6. The Morgan fingerprint density at radius 3 is 2.71 bits per heavy atom. The molecule has 0 saturated carbocycles. The van der Waals surface area contributed by atoms with Gasteiger partial charge in [-0.2, -0.15) is 0 Å². The first-order valence-electron chi connectivity index (χ1n) is 4.58. The number of nitro benzene ring substituents is 1. The van der Waals surface area contributed by atoms with Crippen LogP contribution in [-0.2, 0) is 9.53 Å². The molecule has 6 nitrogen and oxygen atoms in total. The highest BCUT2D eigenvalue weighted by Gasteiger charge is 2.15. The van der Waals surface area contributed by atoms with Crippen molar-refractivity contribution in [1.29, 1.82) is 0 Å². The number of esters is 1. The van der Waals surface area contributed by atoms with Crippen molar-refractivity contribution in [3.63, 3.8) is 0 Å². The predicted octanol–water partition coefficient (Wildman–Crippen LogP) is 1.59. The number of ether oxygens (including phenoxy) is 1. The Bertz CT molecular complexity index is 493. The van der Waals surface area contributed by atoms with Gasteiger partial charge < -0.3 is 4.74 Å². The molecule has 0 bridgehead atoms. The van der Waals surface area contributed by atoms with Crippen LogP contribution in [-0.4, -0.2) is 24.3 Å². The van der Waals surface area contributed by atoms with Gasteiger partial charge in [-0.15, -0.1) is 0 Å². The van der Waals surface area contributed by atoms with Gasteiger partial charge >= 0.3 is 5.97 Å². The summed E-state index contributed by atoms with van der Waals surface area (Å²) in [6.07, 6.45) is 3.11. The zero-order chi connectivity index (χ0) is 12.8. The Morgan fingerprint density at radius 1 is 1.47 bits per heavy atom. The lowest BCUT2D eigenvalue weighted by Gasteiger charge is -2.03. The van der Waals surface area contributed by atoms with Gasteiger partial charge in [-0.05, 0) is 17.7 Å². The lowest BCUT2D eigenvalue weighted by molar-refractivity contribution is -0.384. The Kier molecular flexibility index (Phi) is 4.10. The third-order valence-electron chi connectivity index (χ3n) is 2.01. The highest BCUT2D eigenvalue weighted by molar-refractivity contribution is 5.95. The molecule has 1 aromatic rings. The summed E-state index contributed by atoms with van der Waals surface area (Å²) >= 11 is 0. The van der Waals surface area contributed by atoms with Crippen molar-refractivity contribution in [2.75, 3.05) is 7.11 Å². The SMILES string of the molecule is COC(=O)c1cc([N+](=O)[O-])ccc1C=CC=O. The van der Waals surface area contributed by atoms with Crippen LogP contribution in [0.3, 0.4) is 0 Å². The fourth-order valence-corrected chi connectivity index (χ4v) is 1.23. The molecule has 0 atom stereocenters. The summed E-state index contributed by atoms with van der Waals surface area (Å²) < 4.78 is 4.51. The highest BCUT2D eigenvalue weighted by atomic mass is 16.6. The Balaban J connectivity index is 3.30. The first-order chi connectivity index (χ1) is 8.10. The number of hydrogen-bond acceptors (Lipinski definition) is 5. The normalized spacial score (nSPS) is 10.2. The van der Waals surface area contributed by atoms with E-state index in [4.69, 9.17) is 0 Å². The summed E-state index contributed by atoms with van der Waals surface area (Å²) in [5, 5.41) is 10.6. The smallest absolute Gasteiger partial charge is 0.338 e. The maximum absolute atomic E-state index is 11.4. The molecule has 0 radical (unpaired) electrons. The van der Waals surface area contributed by atoms with Crippen LogP contribution >= 0.6 is 0 Å². The number of hydrogen-bond donors (Lipinski definition) is 0. The lowest BCUT2D eigenvalue weighted by Crippen LogP contribution is -2.04. The molecule has 1 aromatic carbocycles. The molecule has 0 N–H and O–H groups in total. The third kappa shape index (κ3) is 2.97. The second-order valence-electron chi connectivity index (χ2n) is 3.02. The molecule has 0 aliphatic carbocycles. The Morgan fingerprint density at radius 2 is 2.18 bits per heavy atom.